The fraction of sp³-hybridized carbons (Fsp3) is 0.333. The summed E-state index contributed by atoms with van der Waals surface area (Å²) in [6, 6.07) is 7.97. The zero-order valence-electron chi connectivity index (χ0n) is 12.0. The maximum atomic E-state index is 9.21. The number of nitrogens with zero attached hydrogens (tertiary/aromatic N) is 3. The van der Waals surface area contributed by atoms with Gasteiger partial charge in [0.25, 0.3) is 0 Å². The van der Waals surface area contributed by atoms with Gasteiger partial charge >= 0.3 is 0 Å². The van der Waals surface area contributed by atoms with Gasteiger partial charge in [-0.25, -0.2) is 0 Å². The van der Waals surface area contributed by atoms with Crippen molar-refractivity contribution in [1.82, 2.24) is 9.78 Å². The van der Waals surface area contributed by atoms with Crippen LogP contribution in [0.5, 0.6) is 0 Å². The van der Waals surface area contributed by atoms with E-state index in [9.17, 15) is 5.26 Å². The molecule has 0 aliphatic heterocycles. The Balaban J connectivity index is 2.33. The lowest BCUT2D eigenvalue weighted by atomic mass is 10.1. The van der Waals surface area contributed by atoms with Gasteiger partial charge in [-0.2, -0.15) is 10.4 Å². The van der Waals surface area contributed by atoms with Gasteiger partial charge in [0.05, 0.1) is 23.0 Å². The molecule has 1 aromatic heterocycles. The summed E-state index contributed by atoms with van der Waals surface area (Å²) < 4.78 is 2.79. The van der Waals surface area contributed by atoms with Crippen LogP contribution in [0.15, 0.2) is 22.7 Å². The number of aryl methyl sites for hydroxylation is 2. The van der Waals surface area contributed by atoms with E-state index in [1.807, 2.05) is 36.9 Å². The van der Waals surface area contributed by atoms with E-state index >= 15 is 0 Å². The van der Waals surface area contributed by atoms with Crippen molar-refractivity contribution in [3.05, 3.63) is 45.2 Å². The molecule has 1 N–H and O–H groups in total. The van der Waals surface area contributed by atoms with E-state index in [4.69, 9.17) is 0 Å². The molecule has 1 heterocycles. The van der Waals surface area contributed by atoms with Crippen molar-refractivity contribution in [3.8, 4) is 6.07 Å². The highest BCUT2D eigenvalue weighted by Crippen LogP contribution is 2.27. The second-order valence-electron chi connectivity index (χ2n) is 4.88. The van der Waals surface area contributed by atoms with Crippen molar-refractivity contribution in [2.75, 3.05) is 5.32 Å². The average Bonchev–Trinajstić information content (AvgIpc) is 2.65. The summed E-state index contributed by atoms with van der Waals surface area (Å²) in [7, 11) is 1.94. The highest BCUT2D eigenvalue weighted by Gasteiger charge is 2.17. The summed E-state index contributed by atoms with van der Waals surface area (Å²) in [6.45, 7) is 6.15. The molecule has 2 aromatic rings. The summed E-state index contributed by atoms with van der Waals surface area (Å²) in [4.78, 5) is 0. The highest BCUT2D eigenvalue weighted by molar-refractivity contribution is 9.10. The Bertz CT molecular complexity index is 682. The minimum atomic E-state index is 0.0944. The Morgan fingerprint density at radius 1 is 1.40 bits per heavy atom. The van der Waals surface area contributed by atoms with Crippen LogP contribution in [0.3, 0.4) is 0 Å². The number of hydrogen-bond donors (Lipinski definition) is 1. The Morgan fingerprint density at radius 2 is 2.10 bits per heavy atom. The first kappa shape index (κ1) is 14.6. The SMILES string of the molecule is Cc1nn(C)c(C)c1C(C)Nc1ccc(Br)cc1C#N. The summed E-state index contributed by atoms with van der Waals surface area (Å²) in [5.41, 5.74) is 4.80. The summed E-state index contributed by atoms with van der Waals surface area (Å²) in [5.74, 6) is 0. The van der Waals surface area contributed by atoms with Gasteiger partial charge in [-0.15, -0.1) is 0 Å². The van der Waals surface area contributed by atoms with Gasteiger partial charge in [-0.3, -0.25) is 4.68 Å². The van der Waals surface area contributed by atoms with Crippen molar-refractivity contribution < 1.29 is 0 Å². The molecule has 1 unspecified atom stereocenters. The van der Waals surface area contributed by atoms with Crippen LogP contribution in [0.25, 0.3) is 0 Å². The first-order valence-corrected chi connectivity index (χ1v) is 7.19. The molecule has 2 rings (SSSR count). The molecule has 0 fully saturated rings. The van der Waals surface area contributed by atoms with E-state index in [0.717, 1.165) is 21.5 Å². The zero-order valence-corrected chi connectivity index (χ0v) is 13.6. The van der Waals surface area contributed by atoms with Crippen LogP contribution < -0.4 is 5.32 Å². The molecule has 4 nitrogen and oxygen atoms in total. The molecule has 0 amide bonds. The summed E-state index contributed by atoms with van der Waals surface area (Å²) >= 11 is 3.38. The van der Waals surface area contributed by atoms with Crippen molar-refractivity contribution in [1.29, 1.82) is 5.26 Å². The quantitative estimate of drug-likeness (QED) is 0.928. The fourth-order valence-corrected chi connectivity index (χ4v) is 2.82. The third-order valence-corrected chi connectivity index (χ3v) is 3.97. The van der Waals surface area contributed by atoms with E-state index in [1.54, 1.807) is 0 Å². The van der Waals surface area contributed by atoms with Gasteiger partial charge in [0, 0.05) is 22.8 Å². The first-order valence-electron chi connectivity index (χ1n) is 6.40. The van der Waals surface area contributed by atoms with E-state index in [-0.39, 0.29) is 6.04 Å². The van der Waals surface area contributed by atoms with Crippen LogP contribution in [0.1, 0.15) is 35.5 Å². The maximum absolute atomic E-state index is 9.21. The average molecular weight is 333 g/mol. The van der Waals surface area contributed by atoms with E-state index in [1.165, 1.54) is 5.56 Å². The van der Waals surface area contributed by atoms with Gasteiger partial charge in [-0.1, -0.05) is 15.9 Å². The van der Waals surface area contributed by atoms with Crippen molar-refractivity contribution in [2.45, 2.75) is 26.8 Å². The fourth-order valence-electron chi connectivity index (χ4n) is 2.46. The first-order chi connectivity index (χ1) is 9.43. The molecule has 104 valence electrons. The molecule has 20 heavy (non-hydrogen) atoms. The predicted octanol–water partition coefficient (Wildman–Crippen LogP) is 3.84. The monoisotopic (exact) mass is 332 g/mol. The number of anilines is 1. The van der Waals surface area contributed by atoms with Crippen LogP contribution in [-0.2, 0) is 7.05 Å². The van der Waals surface area contributed by atoms with Crippen molar-refractivity contribution in [3.63, 3.8) is 0 Å². The number of hydrogen-bond acceptors (Lipinski definition) is 3. The van der Waals surface area contributed by atoms with Crippen LogP contribution in [0.2, 0.25) is 0 Å². The molecule has 1 aromatic carbocycles. The van der Waals surface area contributed by atoms with Crippen LogP contribution in [-0.4, -0.2) is 9.78 Å². The molecule has 5 heteroatoms. The number of nitrogens with one attached hydrogen (secondary N) is 1. The second kappa shape index (κ2) is 5.68. The minimum Gasteiger partial charge on any atom is -0.377 e. The summed E-state index contributed by atoms with van der Waals surface area (Å²) in [6.07, 6.45) is 0. The number of nitriles is 1. The third kappa shape index (κ3) is 2.70. The molecular formula is C15H17BrN4. The van der Waals surface area contributed by atoms with Crippen molar-refractivity contribution in [2.24, 2.45) is 7.05 Å². The van der Waals surface area contributed by atoms with E-state index < -0.39 is 0 Å². The highest BCUT2D eigenvalue weighted by atomic mass is 79.9. The Kier molecular flexibility index (Phi) is 4.15. The molecular weight excluding hydrogens is 316 g/mol. The summed E-state index contributed by atoms with van der Waals surface area (Å²) in [5, 5.41) is 17.0. The number of aromatic nitrogens is 2. The van der Waals surface area contributed by atoms with Crippen LogP contribution >= 0.6 is 15.9 Å². The van der Waals surface area contributed by atoms with Gasteiger partial charge in [0.15, 0.2) is 0 Å². The Hall–Kier alpha value is -1.80. The van der Waals surface area contributed by atoms with Gasteiger partial charge in [0.2, 0.25) is 0 Å². The zero-order chi connectivity index (χ0) is 14.9. The number of benzene rings is 1. The minimum absolute atomic E-state index is 0.0944. The molecule has 0 bridgehead atoms. The Morgan fingerprint density at radius 3 is 2.65 bits per heavy atom. The molecule has 0 radical (unpaired) electrons. The lowest BCUT2D eigenvalue weighted by Gasteiger charge is -2.17. The molecule has 0 saturated heterocycles. The predicted molar refractivity (Wildman–Crippen MR) is 83.6 cm³/mol. The normalized spacial score (nSPS) is 12.0. The standard InChI is InChI=1S/C15H17BrN4/c1-9(15-10(2)19-20(4)11(15)3)18-14-6-5-13(16)7-12(14)8-17/h5-7,9,18H,1-4H3. The smallest absolute Gasteiger partial charge is 0.101 e. The maximum Gasteiger partial charge on any atom is 0.101 e. The topological polar surface area (TPSA) is 53.6 Å². The number of rotatable bonds is 3. The van der Waals surface area contributed by atoms with Crippen LogP contribution in [0, 0.1) is 25.2 Å². The van der Waals surface area contributed by atoms with E-state index in [2.05, 4.69) is 46.3 Å². The number of halogens is 1. The molecule has 0 aliphatic carbocycles. The molecule has 1 atom stereocenters. The van der Waals surface area contributed by atoms with Gasteiger partial charge < -0.3 is 5.32 Å². The lowest BCUT2D eigenvalue weighted by Crippen LogP contribution is -2.10. The third-order valence-electron chi connectivity index (χ3n) is 3.47. The van der Waals surface area contributed by atoms with Crippen LogP contribution in [0.4, 0.5) is 5.69 Å². The lowest BCUT2D eigenvalue weighted by molar-refractivity contribution is 0.728. The van der Waals surface area contributed by atoms with Gasteiger partial charge in [0.1, 0.15) is 6.07 Å². The van der Waals surface area contributed by atoms with Crippen molar-refractivity contribution >= 4 is 21.6 Å². The van der Waals surface area contributed by atoms with E-state index in [0.29, 0.717) is 5.56 Å². The van der Waals surface area contributed by atoms with Gasteiger partial charge in [-0.05, 0) is 39.0 Å². The molecule has 0 spiro atoms. The second-order valence-corrected chi connectivity index (χ2v) is 5.79. The Labute approximate surface area is 127 Å². The largest absolute Gasteiger partial charge is 0.377 e. The molecule has 0 aliphatic rings. The molecule has 0 saturated carbocycles.